The van der Waals surface area contributed by atoms with Gasteiger partial charge in [-0.2, -0.15) is 0 Å². The average Bonchev–Trinajstić information content (AvgIpc) is 2.59. The van der Waals surface area contributed by atoms with E-state index in [1.165, 1.54) is 11.3 Å². The van der Waals surface area contributed by atoms with Crippen LogP contribution in [0.5, 0.6) is 0 Å². The van der Waals surface area contributed by atoms with Gasteiger partial charge in [0.15, 0.2) is 0 Å². The van der Waals surface area contributed by atoms with Gasteiger partial charge in [-0.3, -0.25) is 9.69 Å². The standard InChI is InChI=1S/C14H25N3O2/c1-11(9-15)10-17-12(18)14(16-13(17)19)7-5-3-2-4-6-8-14/h11H,2-10,15H2,1H3,(H,16,19). The molecule has 19 heavy (non-hydrogen) atoms. The van der Waals surface area contributed by atoms with Crippen molar-refractivity contribution in [2.24, 2.45) is 11.7 Å². The quantitative estimate of drug-likeness (QED) is 0.763. The van der Waals surface area contributed by atoms with E-state index in [-0.39, 0.29) is 17.9 Å². The number of nitrogens with two attached hydrogens (primary N) is 1. The van der Waals surface area contributed by atoms with Gasteiger partial charge < -0.3 is 11.1 Å². The van der Waals surface area contributed by atoms with Gasteiger partial charge in [-0.05, 0) is 25.3 Å². The molecule has 2 rings (SSSR count). The van der Waals surface area contributed by atoms with Crippen LogP contribution in [0.4, 0.5) is 4.79 Å². The Kier molecular flexibility index (Phi) is 4.45. The maximum Gasteiger partial charge on any atom is 0.325 e. The molecule has 1 spiro atoms. The molecule has 3 N–H and O–H groups in total. The van der Waals surface area contributed by atoms with Crippen molar-refractivity contribution in [2.45, 2.75) is 57.4 Å². The molecule has 2 aliphatic rings. The van der Waals surface area contributed by atoms with Gasteiger partial charge in [0, 0.05) is 6.54 Å². The highest BCUT2D eigenvalue weighted by Crippen LogP contribution is 2.32. The molecule has 0 aromatic carbocycles. The Morgan fingerprint density at radius 2 is 1.79 bits per heavy atom. The van der Waals surface area contributed by atoms with Gasteiger partial charge in [0.05, 0.1) is 0 Å². The Morgan fingerprint density at radius 3 is 2.37 bits per heavy atom. The predicted molar refractivity (Wildman–Crippen MR) is 73.5 cm³/mol. The first-order valence-electron chi connectivity index (χ1n) is 7.43. The molecule has 0 radical (unpaired) electrons. The molecule has 0 aromatic heterocycles. The Morgan fingerprint density at radius 1 is 1.21 bits per heavy atom. The number of hydrogen-bond donors (Lipinski definition) is 2. The van der Waals surface area contributed by atoms with Crippen LogP contribution >= 0.6 is 0 Å². The van der Waals surface area contributed by atoms with Crippen molar-refractivity contribution in [1.29, 1.82) is 0 Å². The number of urea groups is 1. The van der Waals surface area contributed by atoms with Crippen molar-refractivity contribution in [3.05, 3.63) is 0 Å². The largest absolute Gasteiger partial charge is 0.330 e. The third kappa shape index (κ3) is 2.91. The van der Waals surface area contributed by atoms with Gasteiger partial charge >= 0.3 is 6.03 Å². The number of hydrogen-bond acceptors (Lipinski definition) is 3. The highest BCUT2D eigenvalue weighted by atomic mass is 16.2. The molecule has 5 heteroatoms. The zero-order valence-corrected chi connectivity index (χ0v) is 11.8. The lowest BCUT2D eigenvalue weighted by atomic mass is 9.84. The summed E-state index contributed by atoms with van der Waals surface area (Å²) in [5.41, 5.74) is 4.97. The van der Waals surface area contributed by atoms with Crippen LogP contribution in [0.25, 0.3) is 0 Å². The van der Waals surface area contributed by atoms with Gasteiger partial charge in [0.1, 0.15) is 5.54 Å². The summed E-state index contributed by atoms with van der Waals surface area (Å²) >= 11 is 0. The highest BCUT2D eigenvalue weighted by molar-refractivity contribution is 6.07. The summed E-state index contributed by atoms with van der Waals surface area (Å²) in [5.74, 6) is 0.123. The van der Waals surface area contributed by atoms with Crippen molar-refractivity contribution in [3.8, 4) is 0 Å². The van der Waals surface area contributed by atoms with E-state index in [9.17, 15) is 9.59 Å². The lowest BCUT2D eigenvalue weighted by Gasteiger charge is -2.28. The second-order valence-electron chi connectivity index (χ2n) is 6.04. The number of imide groups is 1. The molecule has 1 unspecified atom stereocenters. The van der Waals surface area contributed by atoms with Crippen LogP contribution in [0.3, 0.4) is 0 Å². The summed E-state index contributed by atoms with van der Waals surface area (Å²) in [6, 6.07) is -0.231. The van der Waals surface area contributed by atoms with Crippen LogP contribution in [-0.2, 0) is 4.79 Å². The molecule has 108 valence electrons. The highest BCUT2D eigenvalue weighted by Gasteiger charge is 2.50. The van der Waals surface area contributed by atoms with Crippen LogP contribution in [-0.4, -0.2) is 35.5 Å². The summed E-state index contributed by atoms with van der Waals surface area (Å²) in [5, 5.41) is 2.96. The molecule has 3 amide bonds. The fraction of sp³-hybridized carbons (Fsp3) is 0.857. The van der Waals surface area contributed by atoms with Gasteiger partial charge in [-0.25, -0.2) is 4.79 Å². The van der Waals surface area contributed by atoms with E-state index in [0.717, 1.165) is 38.5 Å². The second-order valence-corrected chi connectivity index (χ2v) is 6.04. The average molecular weight is 267 g/mol. The fourth-order valence-corrected chi connectivity index (χ4v) is 3.08. The van der Waals surface area contributed by atoms with Crippen LogP contribution in [0.2, 0.25) is 0 Å². The minimum absolute atomic E-state index is 0.0281. The van der Waals surface area contributed by atoms with E-state index in [2.05, 4.69) is 5.32 Å². The summed E-state index contributed by atoms with van der Waals surface area (Å²) in [7, 11) is 0. The first-order chi connectivity index (χ1) is 9.09. The molecule has 0 bridgehead atoms. The minimum Gasteiger partial charge on any atom is -0.330 e. The molecule has 5 nitrogen and oxygen atoms in total. The van der Waals surface area contributed by atoms with Crippen molar-refractivity contribution in [1.82, 2.24) is 10.2 Å². The zero-order valence-electron chi connectivity index (χ0n) is 11.8. The molecule has 0 aromatic rings. The lowest BCUT2D eigenvalue weighted by Crippen LogP contribution is -2.47. The van der Waals surface area contributed by atoms with E-state index in [0.29, 0.717) is 13.1 Å². The van der Waals surface area contributed by atoms with Gasteiger partial charge in [-0.1, -0.05) is 39.0 Å². The van der Waals surface area contributed by atoms with E-state index >= 15 is 0 Å². The van der Waals surface area contributed by atoms with Crippen molar-refractivity contribution < 1.29 is 9.59 Å². The SMILES string of the molecule is CC(CN)CN1C(=O)NC2(CCCCCCC2)C1=O. The van der Waals surface area contributed by atoms with E-state index in [1.54, 1.807) is 0 Å². The molecule has 1 saturated heterocycles. The molecule has 1 saturated carbocycles. The van der Waals surface area contributed by atoms with Crippen molar-refractivity contribution in [3.63, 3.8) is 0 Å². The summed E-state index contributed by atoms with van der Waals surface area (Å²) < 4.78 is 0. The number of carbonyl (C=O) groups is 2. The van der Waals surface area contributed by atoms with Gasteiger partial charge in [0.25, 0.3) is 5.91 Å². The molecular formula is C14H25N3O2. The summed E-state index contributed by atoms with van der Waals surface area (Å²) in [6.45, 7) is 2.89. The van der Waals surface area contributed by atoms with Crippen LogP contribution in [0.1, 0.15) is 51.9 Å². The Balaban J connectivity index is 2.10. The van der Waals surface area contributed by atoms with E-state index in [4.69, 9.17) is 5.73 Å². The fourth-order valence-electron chi connectivity index (χ4n) is 3.08. The zero-order chi connectivity index (χ0) is 13.9. The van der Waals surface area contributed by atoms with Crippen LogP contribution < -0.4 is 11.1 Å². The number of nitrogens with zero attached hydrogens (tertiary/aromatic N) is 1. The lowest BCUT2D eigenvalue weighted by molar-refractivity contribution is -0.132. The number of rotatable bonds is 3. The Hall–Kier alpha value is -1.10. The summed E-state index contributed by atoms with van der Waals surface area (Å²) in [6.07, 6.45) is 7.16. The first kappa shape index (κ1) is 14.3. The minimum atomic E-state index is -0.619. The normalized spacial score (nSPS) is 25.1. The van der Waals surface area contributed by atoms with Crippen molar-refractivity contribution >= 4 is 11.9 Å². The molecule has 1 aliphatic heterocycles. The maximum absolute atomic E-state index is 12.6. The van der Waals surface area contributed by atoms with Crippen LogP contribution in [0, 0.1) is 5.92 Å². The third-order valence-electron chi connectivity index (χ3n) is 4.35. The molecular weight excluding hydrogens is 242 g/mol. The molecule has 1 aliphatic carbocycles. The van der Waals surface area contributed by atoms with Crippen LogP contribution in [0.15, 0.2) is 0 Å². The predicted octanol–water partition coefficient (Wildman–Crippen LogP) is 1.62. The van der Waals surface area contributed by atoms with E-state index in [1.807, 2.05) is 6.92 Å². The second kappa shape index (κ2) is 5.90. The topological polar surface area (TPSA) is 75.4 Å². The number of nitrogens with one attached hydrogen (secondary N) is 1. The van der Waals surface area contributed by atoms with Gasteiger partial charge in [0.2, 0.25) is 0 Å². The third-order valence-corrected chi connectivity index (χ3v) is 4.35. The number of carbonyl (C=O) groups excluding carboxylic acids is 2. The smallest absolute Gasteiger partial charge is 0.325 e. The maximum atomic E-state index is 12.6. The molecule has 2 fully saturated rings. The number of amides is 3. The van der Waals surface area contributed by atoms with E-state index < -0.39 is 5.54 Å². The Bertz CT molecular complexity index is 349. The molecule has 1 atom stereocenters. The van der Waals surface area contributed by atoms with Crippen molar-refractivity contribution in [2.75, 3.05) is 13.1 Å². The Labute approximate surface area is 114 Å². The summed E-state index contributed by atoms with van der Waals surface area (Å²) in [4.78, 5) is 26.0. The first-order valence-corrected chi connectivity index (χ1v) is 7.43. The van der Waals surface area contributed by atoms with Gasteiger partial charge in [-0.15, -0.1) is 0 Å². The monoisotopic (exact) mass is 267 g/mol. The molecule has 1 heterocycles.